The number of rotatable bonds is 4. The van der Waals surface area contributed by atoms with Gasteiger partial charge in [-0.15, -0.1) is 33.2 Å². The maximum absolute atomic E-state index is 11.1. The molecule has 31 heavy (non-hydrogen) atoms. The summed E-state index contributed by atoms with van der Waals surface area (Å²) in [5.41, 5.74) is 9.06. The van der Waals surface area contributed by atoms with Gasteiger partial charge in [-0.3, -0.25) is 10.1 Å². The van der Waals surface area contributed by atoms with Crippen LogP contribution in [0.1, 0.15) is 11.1 Å². The summed E-state index contributed by atoms with van der Waals surface area (Å²) in [5.74, 6) is 0. The van der Waals surface area contributed by atoms with E-state index in [0.717, 1.165) is 38.7 Å². The first-order chi connectivity index (χ1) is 14.4. The zero-order valence-electron chi connectivity index (χ0n) is 17.3. The van der Waals surface area contributed by atoms with Crippen LogP contribution in [0.4, 0.5) is 5.69 Å². The van der Waals surface area contributed by atoms with Gasteiger partial charge < -0.3 is 0 Å². The molecule has 0 bridgehead atoms. The van der Waals surface area contributed by atoms with Crippen molar-refractivity contribution in [3.05, 3.63) is 106 Å². The monoisotopic (exact) mass is 539 g/mol. The van der Waals surface area contributed by atoms with Gasteiger partial charge >= 0.3 is 0 Å². The first-order valence-corrected chi connectivity index (χ1v) is 10.3. The van der Waals surface area contributed by atoms with Crippen LogP contribution in [-0.2, 0) is 0 Å². The smallest absolute Gasteiger partial charge is 0.258 e. The lowest BCUT2D eigenvalue weighted by atomic mass is 9.87. The molecule has 1 unspecified atom stereocenters. The van der Waals surface area contributed by atoms with Crippen molar-refractivity contribution in [1.82, 2.24) is 0 Å². The number of nitrogens with zero attached hydrogens (tertiary/aromatic N) is 1. The number of nitro benzene ring substituents is 1. The van der Waals surface area contributed by atoms with E-state index < -0.39 is 0 Å². The quantitative estimate of drug-likeness (QED) is 0.118. The van der Waals surface area contributed by atoms with Crippen molar-refractivity contribution < 1.29 is 4.92 Å². The van der Waals surface area contributed by atoms with Crippen molar-refractivity contribution in [3.63, 3.8) is 0 Å². The van der Waals surface area contributed by atoms with E-state index in [4.69, 9.17) is 0 Å². The van der Waals surface area contributed by atoms with Crippen LogP contribution in [0.25, 0.3) is 33.4 Å². The summed E-state index contributed by atoms with van der Waals surface area (Å²) in [7, 11) is 2.86. The summed E-state index contributed by atoms with van der Waals surface area (Å²) < 4.78 is 0. The van der Waals surface area contributed by atoms with Gasteiger partial charge in [-0.05, 0) is 64.7 Å². The van der Waals surface area contributed by atoms with Crippen molar-refractivity contribution in [2.45, 2.75) is 13.8 Å². The van der Waals surface area contributed by atoms with Crippen LogP contribution >= 0.6 is 33.2 Å². The number of benzene rings is 4. The Morgan fingerprint density at radius 1 is 0.645 bits per heavy atom. The summed E-state index contributed by atoms with van der Waals surface area (Å²) in [6.45, 7) is 4.16. The predicted octanol–water partition coefficient (Wildman–Crippen LogP) is 7.33. The van der Waals surface area contributed by atoms with E-state index in [-0.39, 0.29) is 34.6 Å². The average Bonchev–Trinajstić information content (AvgIpc) is 2.75. The highest BCUT2D eigenvalue weighted by Gasteiger charge is 2.17. The van der Waals surface area contributed by atoms with Crippen LogP contribution in [0.2, 0.25) is 0 Å². The Balaban J connectivity index is 0.00000272. The number of hydrogen-bond donors (Lipinski definition) is 0. The predicted molar refractivity (Wildman–Crippen MR) is 144 cm³/mol. The van der Waals surface area contributed by atoms with Crippen LogP contribution < -0.4 is 5.30 Å². The molecule has 3 nitrogen and oxygen atoms in total. The molecule has 0 aromatic heterocycles. The molecule has 156 valence electrons. The summed E-state index contributed by atoms with van der Waals surface area (Å²) in [6.07, 6.45) is 0. The summed E-state index contributed by atoms with van der Waals surface area (Å²) in [5, 5.41) is 12.2. The molecule has 0 saturated heterocycles. The maximum atomic E-state index is 11.1. The lowest BCUT2D eigenvalue weighted by Gasteiger charge is -2.19. The molecule has 0 heterocycles. The van der Waals surface area contributed by atoms with E-state index in [9.17, 15) is 10.1 Å². The Morgan fingerprint density at radius 3 is 1.58 bits per heavy atom. The minimum Gasteiger partial charge on any atom is -0.258 e. The van der Waals surface area contributed by atoms with E-state index in [0.29, 0.717) is 0 Å². The molecule has 0 spiro atoms. The molecule has 1 atom stereocenters. The van der Waals surface area contributed by atoms with Gasteiger partial charge in [-0.2, -0.15) is 0 Å². The Bertz CT molecular complexity index is 1220. The van der Waals surface area contributed by atoms with Gasteiger partial charge in [0.2, 0.25) is 0 Å². The zero-order valence-corrected chi connectivity index (χ0v) is 20.8. The second-order valence-corrected chi connectivity index (χ2v) is 8.11. The third kappa shape index (κ3) is 4.86. The van der Waals surface area contributed by atoms with E-state index in [2.05, 4.69) is 83.8 Å². The zero-order chi connectivity index (χ0) is 21.3. The van der Waals surface area contributed by atoms with Gasteiger partial charge in [0.1, 0.15) is 0 Å². The van der Waals surface area contributed by atoms with Gasteiger partial charge in [-0.25, -0.2) is 0 Å². The second kappa shape index (κ2) is 9.71. The fourth-order valence-corrected chi connectivity index (χ4v) is 4.08. The molecule has 0 aliphatic rings. The van der Waals surface area contributed by atoms with Gasteiger partial charge in [0.15, 0.2) is 0 Å². The van der Waals surface area contributed by atoms with Gasteiger partial charge in [0, 0.05) is 12.1 Å². The Morgan fingerprint density at radius 2 is 1.10 bits per heavy atom. The van der Waals surface area contributed by atoms with Gasteiger partial charge in [0.25, 0.3) is 5.69 Å². The fraction of sp³-hybridized carbons (Fsp3) is 0.0769. The highest BCUT2D eigenvalue weighted by Crippen LogP contribution is 2.40. The summed E-state index contributed by atoms with van der Waals surface area (Å²) in [6, 6.07) is 28.0. The Labute approximate surface area is 201 Å². The molecule has 0 radical (unpaired) electrons. The lowest BCUT2D eigenvalue weighted by Crippen LogP contribution is -2.02. The number of hydrogen-bond acceptors (Lipinski definition) is 2. The molecule has 0 fully saturated rings. The van der Waals surface area contributed by atoms with Crippen molar-refractivity contribution in [1.29, 1.82) is 0 Å². The first kappa shape index (κ1) is 23.1. The molecule has 0 saturated carbocycles. The van der Waals surface area contributed by atoms with E-state index in [1.165, 1.54) is 11.1 Å². The SMILES string of the molecule is Cc1ccc(-c2c(P)ccc(-c3ccc([N+](=O)[O-])cc3)c2-c2ccc(C)cc2)cc1.I. The number of nitro groups is 1. The summed E-state index contributed by atoms with van der Waals surface area (Å²) in [4.78, 5) is 10.7. The van der Waals surface area contributed by atoms with Crippen molar-refractivity contribution >= 4 is 44.2 Å². The molecule has 0 amide bonds. The average molecular weight is 539 g/mol. The molecular weight excluding hydrogens is 516 g/mol. The summed E-state index contributed by atoms with van der Waals surface area (Å²) >= 11 is 0. The minimum atomic E-state index is -0.367. The highest BCUT2D eigenvalue weighted by atomic mass is 127. The van der Waals surface area contributed by atoms with Crippen molar-refractivity contribution in [2.75, 3.05) is 0 Å². The second-order valence-electron chi connectivity index (χ2n) is 7.49. The van der Waals surface area contributed by atoms with Crippen molar-refractivity contribution in [2.24, 2.45) is 0 Å². The van der Waals surface area contributed by atoms with E-state index in [1.807, 2.05) is 12.1 Å². The van der Waals surface area contributed by atoms with Crippen LogP contribution in [0.3, 0.4) is 0 Å². The van der Waals surface area contributed by atoms with Gasteiger partial charge in [0.05, 0.1) is 4.92 Å². The van der Waals surface area contributed by atoms with Gasteiger partial charge in [-0.1, -0.05) is 71.8 Å². The maximum Gasteiger partial charge on any atom is 0.269 e. The molecule has 4 aromatic rings. The van der Waals surface area contributed by atoms with E-state index >= 15 is 0 Å². The molecule has 0 N–H and O–H groups in total. The largest absolute Gasteiger partial charge is 0.269 e. The van der Waals surface area contributed by atoms with Crippen LogP contribution in [0.5, 0.6) is 0 Å². The lowest BCUT2D eigenvalue weighted by molar-refractivity contribution is -0.384. The third-order valence-electron chi connectivity index (χ3n) is 5.31. The molecule has 0 aliphatic carbocycles. The number of non-ortho nitro benzene ring substituents is 1. The Kier molecular flexibility index (Phi) is 7.24. The first-order valence-electron chi connectivity index (χ1n) is 9.75. The van der Waals surface area contributed by atoms with Crippen molar-refractivity contribution in [3.8, 4) is 33.4 Å². The third-order valence-corrected chi connectivity index (χ3v) is 5.79. The van der Waals surface area contributed by atoms with Crippen LogP contribution in [0.15, 0.2) is 84.9 Å². The van der Waals surface area contributed by atoms with Crippen LogP contribution in [-0.4, -0.2) is 4.92 Å². The molecule has 0 aliphatic heterocycles. The topological polar surface area (TPSA) is 43.1 Å². The molecule has 5 heteroatoms. The highest BCUT2D eigenvalue weighted by molar-refractivity contribution is 14.0. The Hall–Kier alpha value is -2.56. The normalized spacial score (nSPS) is 10.4. The number of aryl methyl sites for hydroxylation is 2. The minimum absolute atomic E-state index is 0. The van der Waals surface area contributed by atoms with E-state index in [1.54, 1.807) is 12.1 Å². The number of halogens is 1. The molecule has 4 aromatic carbocycles. The van der Waals surface area contributed by atoms with Crippen LogP contribution in [0, 0.1) is 24.0 Å². The fourth-order valence-electron chi connectivity index (χ4n) is 3.67. The standard InChI is InChI=1S/C26H22NO2P.HI/c1-17-3-7-20(8-4-17)25-23(19-11-13-22(14-12-19)27(28)29)15-16-24(30)26(25)21-9-5-18(2)6-10-21;/h3-16H,30H2,1-2H3;1H. The molecular formula is C26H23INO2P. The molecule has 4 rings (SSSR count).